The Morgan fingerprint density at radius 1 is 1.47 bits per heavy atom. The van der Waals surface area contributed by atoms with Gasteiger partial charge in [0.05, 0.1) is 12.1 Å². The van der Waals surface area contributed by atoms with Gasteiger partial charge in [-0.15, -0.1) is 6.58 Å². The van der Waals surface area contributed by atoms with E-state index in [1.165, 1.54) is 0 Å². The summed E-state index contributed by atoms with van der Waals surface area (Å²) in [5.41, 5.74) is 6.03. The molecule has 4 atom stereocenters. The lowest BCUT2D eigenvalue weighted by Crippen LogP contribution is -2.54. The van der Waals surface area contributed by atoms with Crippen molar-refractivity contribution in [3.63, 3.8) is 0 Å². The van der Waals surface area contributed by atoms with Gasteiger partial charge in [0.15, 0.2) is 0 Å². The molecule has 102 valence electrons. The highest BCUT2D eigenvalue weighted by Gasteiger charge is 2.56. The first-order chi connectivity index (χ1) is 9.13. The molecule has 0 bridgehead atoms. The minimum absolute atomic E-state index is 0.0293. The first-order valence-electron chi connectivity index (χ1n) is 7.24. The number of nitriles is 1. The van der Waals surface area contributed by atoms with Crippen molar-refractivity contribution in [3.8, 4) is 6.07 Å². The van der Waals surface area contributed by atoms with Crippen LogP contribution in [0.5, 0.6) is 0 Å². The normalized spacial score (nSPS) is 36.4. The number of carbonyl (C=O) groups is 1. The third-order valence-electron chi connectivity index (χ3n) is 5.33. The lowest BCUT2D eigenvalue weighted by Gasteiger charge is -2.35. The highest BCUT2D eigenvalue weighted by Crippen LogP contribution is 2.49. The molecule has 0 radical (unpaired) electrons. The fraction of sp³-hybridized carbons (Fsp3) is 0.733. The molecular formula is C15H21N3O. The third-order valence-corrected chi connectivity index (χ3v) is 5.33. The van der Waals surface area contributed by atoms with Crippen LogP contribution in [0.25, 0.3) is 0 Å². The van der Waals surface area contributed by atoms with E-state index < -0.39 is 6.04 Å². The van der Waals surface area contributed by atoms with Crippen LogP contribution in [-0.2, 0) is 4.79 Å². The van der Waals surface area contributed by atoms with E-state index in [4.69, 9.17) is 5.73 Å². The van der Waals surface area contributed by atoms with Gasteiger partial charge in [0.1, 0.15) is 6.04 Å². The van der Waals surface area contributed by atoms with Gasteiger partial charge < -0.3 is 10.6 Å². The predicted molar refractivity (Wildman–Crippen MR) is 71.8 cm³/mol. The third kappa shape index (κ3) is 1.80. The Labute approximate surface area is 114 Å². The summed E-state index contributed by atoms with van der Waals surface area (Å²) in [4.78, 5) is 14.5. The van der Waals surface area contributed by atoms with Crippen LogP contribution in [-0.4, -0.2) is 28.9 Å². The van der Waals surface area contributed by atoms with Gasteiger partial charge in [-0.25, -0.2) is 0 Å². The number of hydrogen-bond acceptors (Lipinski definition) is 3. The van der Waals surface area contributed by atoms with Crippen LogP contribution in [0.2, 0.25) is 0 Å². The summed E-state index contributed by atoms with van der Waals surface area (Å²) in [6.07, 6.45) is 7.88. The number of rotatable bonds is 3. The molecule has 3 fully saturated rings. The highest BCUT2D eigenvalue weighted by atomic mass is 16.2. The molecule has 2 aliphatic carbocycles. The summed E-state index contributed by atoms with van der Waals surface area (Å²) in [7, 11) is 0. The average molecular weight is 259 g/mol. The second-order valence-electron chi connectivity index (χ2n) is 6.31. The maximum absolute atomic E-state index is 12.7. The van der Waals surface area contributed by atoms with Crippen LogP contribution in [0.4, 0.5) is 0 Å². The summed E-state index contributed by atoms with van der Waals surface area (Å²) in [6, 6.07) is 1.76. The second-order valence-corrected chi connectivity index (χ2v) is 6.31. The predicted octanol–water partition coefficient (Wildman–Crippen LogP) is 1.57. The van der Waals surface area contributed by atoms with E-state index in [0.29, 0.717) is 5.92 Å². The Morgan fingerprint density at radius 2 is 2.16 bits per heavy atom. The monoisotopic (exact) mass is 259 g/mol. The molecule has 2 saturated carbocycles. The molecule has 1 aliphatic heterocycles. The fourth-order valence-corrected chi connectivity index (χ4v) is 3.97. The molecule has 0 aromatic heterocycles. The van der Waals surface area contributed by atoms with Crippen LogP contribution in [0.3, 0.4) is 0 Å². The van der Waals surface area contributed by atoms with Crippen molar-refractivity contribution in [2.24, 2.45) is 17.1 Å². The lowest BCUT2D eigenvalue weighted by atomic mass is 9.78. The number of fused-ring (bicyclic) bond motifs is 1. The van der Waals surface area contributed by atoms with E-state index in [1.807, 2.05) is 6.08 Å². The summed E-state index contributed by atoms with van der Waals surface area (Å²) in [5, 5.41) is 9.19. The number of piperidine rings is 1. The van der Waals surface area contributed by atoms with E-state index in [1.54, 1.807) is 4.90 Å². The van der Waals surface area contributed by atoms with E-state index in [9.17, 15) is 10.1 Å². The van der Waals surface area contributed by atoms with E-state index >= 15 is 0 Å². The van der Waals surface area contributed by atoms with Crippen molar-refractivity contribution < 1.29 is 4.79 Å². The maximum Gasteiger partial charge on any atom is 0.241 e. The molecule has 0 spiro atoms. The highest BCUT2D eigenvalue weighted by molar-refractivity contribution is 5.84. The molecule has 1 amide bonds. The van der Waals surface area contributed by atoms with Gasteiger partial charge in [-0.2, -0.15) is 5.26 Å². The van der Waals surface area contributed by atoms with Gasteiger partial charge in [-0.05, 0) is 31.6 Å². The SMILES string of the molecule is C=CC1(C(N)C(=O)N2[C@H](C#N)C[C@@H]3C[C@@H]32)CCCC1. The van der Waals surface area contributed by atoms with Crippen LogP contribution >= 0.6 is 0 Å². The number of nitrogens with two attached hydrogens (primary N) is 1. The number of likely N-dealkylation sites (tertiary alicyclic amines) is 1. The zero-order valence-corrected chi connectivity index (χ0v) is 11.2. The largest absolute Gasteiger partial charge is 0.322 e. The Hall–Kier alpha value is -1.34. The van der Waals surface area contributed by atoms with Crippen LogP contribution < -0.4 is 5.73 Å². The van der Waals surface area contributed by atoms with Crippen molar-refractivity contribution in [1.29, 1.82) is 5.26 Å². The summed E-state index contributed by atoms with van der Waals surface area (Å²) in [5.74, 6) is 0.516. The molecule has 3 aliphatic rings. The summed E-state index contributed by atoms with van der Waals surface area (Å²) in [6.45, 7) is 3.90. The number of carbonyl (C=O) groups excluding carboxylic acids is 1. The van der Waals surface area contributed by atoms with Gasteiger partial charge in [0.2, 0.25) is 5.91 Å². The standard InChI is InChI=1S/C15H21N3O/c1-2-15(5-3-4-6-15)13(17)14(19)18-11(9-16)7-10-8-12(10)18/h2,10-13H,1,3-8,17H2/t10-,11+,12+,13?/m1/s1. The molecular weight excluding hydrogens is 238 g/mol. The van der Waals surface area contributed by atoms with E-state index in [2.05, 4.69) is 12.6 Å². The number of hydrogen-bond donors (Lipinski definition) is 1. The minimum Gasteiger partial charge on any atom is -0.322 e. The molecule has 19 heavy (non-hydrogen) atoms. The molecule has 0 aromatic rings. The van der Waals surface area contributed by atoms with Gasteiger partial charge in [-0.3, -0.25) is 4.79 Å². The van der Waals surface area contributed by atoms with Crippen LogP contribution in [0.15, 0.2) is 12.7 Å². The van der Waals surface area contributed by atoms with E-state index in [-0.39, 0.29) is 23.4 Å². The topological polar surface area (TPSA) is 70.1 Å². The quantitative estimate of drug-likeness (QED) is 0.782. The molecule has 1 saturated heterocycles. The lowest BCUT2D eigenvalue weighted by molar-refractivity contribution is -0.136. The molecule has 3 rings (SSSR count). The number of amides is 1. The Bertz CT molecular complexity index is 447. The smallest absolute Gasteiger partial charge is 0.241 e. The van der Waals surface area contributed by atoms with Crippen LogP contribution in [0, 0.1) is 22.7 Å². The Morgan fingerprint density at radius 3 is 2.74 bits per heavy atom. The molecule has 4 heteroatoms. The van der Waals surface area contributed by atoms with Crippen molar-refractivity contribution in [2.45, 2.75) is 56.7 Å². The van der Waals surface area contributed by atoms with E-state index in [0.717, 1.165) is 38.5 Å². The van der Waals surface area contributed by atoms with Crippen molar-refractivity contribution >= 4 is 5.91 Å². The fourth-order valence-electron chi connectivity index (χ4n) is 3.97. The first-order valence-corrected chi connectivity index (χ1v) is 7.24. The average Bonchev–Trinajstić information content (AvgIpc) is 2.91. The minimum atomic E-state index is -0.525. The van der Waals surface area contributed by atoms with Crippen molar-refractivity contribution in [1.82, 2.24) is 4.90 Å². The molecule has 0 aromatic carbocycles. The molecule has 2 N–H and O–H groups in total. The summed E-state index contributed by atoms with van der Waals surface area (Å²) < 4.78 is 0. The van der Waals surface area contributed by atoms with Gasteiger partial charge >= 0.3 is 0 Å². The van der Waals surface area contributed by atoms with Crippen molar-refractivity contribution in [2.75, 3.05) is 0 Å². The molecule has 1 heterocycles. The Kier molecular flexibility index (Phi) is 2.90. The van der Waals surface area contributed by atoms with Crippen molar-refractivity contribution in [3.05, 3.63) is 12.7 Å². The number of nitrogens with zero attached hydrogens (tertiary/aromatic N) is 2. The summed E-state index contributed by atoms with van der Waals surface area (Å²) >= 11 is 0. The zero-order chi connectivity index (χ0) is 13.6. The maximum atomic E-state index is 12.7. The second kappa shape index (κ2) is 4.35. The van der Waals surface area contributed by atoms with Gasteiger partial charge in [-0.1, -0.05) is 18.9 Å². The van der Waals surface area contributed by atoms with Crippen LogP contribution in [0.1, 0.15) is 38.5 Å². The zero-order valence-electron chi connectivity index (χ0n) is 11.2. The first kappa shape index (κ1) is 12.7. The van der Waals surface area contributed by atoms with Gasteiger partial charge in [0.25, 0.3) is 0 Å². The van der Waals surface area contributed by atoms with Gasteiger partial charge in [0, 0.05) is 11.5 Å². The molecule has 4 nitrogen and oxygen atoms in total. The molecule has 1 unspecified atom stereocenters. The Balaban J connectivity index is 1.80.